The third-order valence-corrected chi connectivity index (χ3v) is 3.68. The van der Waals surface area contributed by atoms with Crippen LogP contribution in [-0.2, 0) is 0 Å². The summed E-state index contributed by atoms with van der Waals surface area (Å²) >= 11 is 0. The Morgan fingerprint density at radius 3 is 2.05 bits per heavy atom. The fourth-order valence-corrected chi connectivity index (χ4v) is 2.32. The van der Waals surface area contributed by atoms with Crippen LogP contribution in [0.15, 0.2) is 0 Å². The Bertz CT molecular complexity index is 246. The SMILES string of the molecule is CCCCCCCCCC(O)C#CCCCCC(C)C. The normalized spacial score (nSPS) is 12.2. The van der Waals surface area contributed by atoms with E-state index in [0.717, 1.165) is 25.2 Å². The molecule has 0 aliphatic rings. The van der Waals surface area contributed by atoms with Gasteiger partial charge in [-0.1, -0.05) is 78.1 Å². The van der Waals surface area contributed by atoms with E-state index in [2.05, 4.69) is 32.6 Å². The van der Waals surface area contributed by atoms with Crippen LogP contribution in [0.4, 0.5) is 0 Å². The van der Waals surface area contributed by atoms with E-state index in [9.17, 15) is 5.11 Å². The summed E-state index contributed by atoms with van der Waals surface area (Å²) in [7, 11) is 0. The van der Waals surface area contributed by atoms with Gasteiger partial charge in [-0.25, -0.2) is 0 Å². The second-order valence-electron chi connectivity index (χ2n) is 6.39. The zero-order chi connectivity index (χ0) is 15.1. The number of hydrogen-bond donors (Lipinski definition) is 1. The molecule has 1 nitrogen and oxygen atoms in total. The molecule has 0 spiro atoms. The molecule has 0 aliphatic carbocycles. The summed E-state index contributed by atoms with van der Waals surface area (Å²) in [5.74, 6) is 6.91. The lowest BCUT2D eigenvalue weighted by Crippen LogP contribution is -2.02. The van der Waals surface area contributed by atoms with Crippen LogP contribution in [0.3, 0.4) is 0 Å². The highest BCUT2D eigenvalue weighted by atomic mass is 16.3. The molecule has 0 bridgehead atoms. The molecule has 1 atom stereocenters. The molecule has 0 amide bonds. The van der Waals surface area contributed by atoms with E-state index in [4.69, 9.17) is 0 Å². The molecule has 1 heteroatoms. The summed E-state index contributed by atoms with van der Waals surface area (Å²) in [5.41, 5.74) is 0. The molecule has 20 heavy (non-hydrogen) atoms. The van der Waals surface area contributed by atoms with Crippen LogP contribution in [0.2, 0.25) is 0 Å². The smallest absolute Gasteiger partial charge is 0.114 e. The van der Waals surface area contributed by atoms with Crippen molar-refractivity contribution in [3.63, 3.8) is 0 Å². The highest BCUT2D eigenvalue weighted by molar-refractivity contribution is 5.04. The Labute approximate surface area is 127 Å². The molecule has 0 rings (SSSR count). The van der Waals surface area contributed by atoms with Gasteiger partial charge in [-0.15, -0.1) is 5.92 Å². The average molecular weight is 280 g/mol. The van der Waals surface area contributed by atoms with E-state index in [0.29, 0.717) is 0 Å². The van der Waals surface area contributed by atoms with Crippen LogP contribution in [0.25, 0.3) is 0 Å². The molecule has 0 aromatic heterocycles. The molecule has 1 N–H and O–H groups in total. The van der Waals surface area contributed by atoms with Gasteiger partial charge < -0.3 is 5.11 Å². The van der Waals surface area contributed by atoms with Gasteiger partial charge in [0.1, 0.15) is 6.10 Å². The lowest BCUT2D eigenvalue weighted by molar-refractivity contribution is 0.217. The Hall–Kier alpha value is -0.480. The van der Waals surface area contributed by atoms with Gasteiger partial charge in [-0.3, -0.25) is 0 Å². The lowest BCUT2D eigenvalue weighted by Gasteiger charge is -2.04. The molecule has 0 aliphatic heterocycles. The molecule has 118 valence electrons. The van der Waals surface area contributed by atoms with Gasteiger partial charge >= 0.3 is 0 Å². The van der Waals surface area contributed by atoms with Crippen molar-refractivity contribution >= 4 is 0 Å². The average Bonchev–Trinajstić information content (AvgIpc) is 2.41. The third-order valence-electron chi connectivity index (χ3n) is 3.68. The fourth-order valence-electron chi connectivity index (χ4n) is 2.32. The van der Waals surface area contributed by atoms with Gasteiger partial charge in [0.25, 0.3) is 0 Å². The zero-order valence-corrected chi connectivity index (χ0v) is 14.1. The first-order valence-corrected chi connectivity index (χ1v) is 8.83. The third kappa shape index (κ3) is 15.6. The lowest BCUT2D eigenvalue weighted by atomic mass is 10.0. The number of aliphatic hydroxyl groups excluding tert-OH is 1. The molecular formula is C19H36O. The summed E-state index contributed by atoms with van der Waals surface area (Å²) in [6, 6.07) is 0. The maximum absolute atomic E-state index is 9.76. The van der Waals surface area contributed by atoms with Crippen LogP contribution in [0.1, 0.15) is 97.8 Å². The van der Waals surface area contributed by atoms with Crippen LogP contribution in [-0.4, -0.2) is 11.2 Å². The minimum Gasteiger partial charge on any atom is -0.380 e. The molecule has 0 aromatic carbocycles. The van der Waals surface area contributed by atoms with Crippen molar-refractivity contribution in [2.45, 2.75) is 104 Å². The molecule has 0 fully saturated rings. The van der Waals surface area contributed by atoms with Gasteiger partial charge in [-0.2, -0.15) is 0 Å². The van der Waals surface area contributed by atoms with E-state index in [1.807, 2.05) is 0 Å². The van der Waals surface area contributed by atoms with Crippen LogP contribution in [0.5, 0.6) is 0 Å². The predicted octanol–water partition coefficient (Wildman–Crippen LogP) is 5.71. The second-order valence-corrected chi connectivity index (χ2v) is 6.39. The summed E-state index contributed by atoms with van der Waals surface area (Å²) in [6.07, 6.45) is 14.2. The maximum Gasteiger partial charge on any atom is 0.114 e. The minimum atomic E-state index is -0.393. The van der Waals surface area contributed by atoms with Gasteiger partial charge in [0.15, 0.2) is 0 Å². The fraction of sp³-hybridized carbons (Fsp3) is 0.895. The quantitative estimate of drug-likeness (QED) is 0.359. The predicted molar refractivity (Wildman–Crippen MR) is 89.7 cm³/mol. The molecule has 0 saturated carbocycles. The van der Waals surface area contributed by atoms with Crippen LogP contribution < -0.4 is 0 Å². The second kappa shape index (κ2) is 14.9. The summed E-state index contributed by atoms with van der Waals surface area (Å²) < 4.78 is 0. The molecule has 0 aromatic rings. The van der Waals surface area contributed by atoms with Crippen molar-refractivity contribution in [3.8, 4) is 11.8 Å². The highest BCUT2D eigenvalue weighted by Gasteiger charge is 1.99. The Balaban J connectivity index is 3.33. The number of rotatable bonds is 12. The topological polar surface area (TPSA) is 20.2 Å². The zero-order valence-electron chi connectivity index (χ0n) is 14.1. The number of unbranched alkanes of at least 4 members (excludes halogenated alkanes) is 8. The molecule has 0 saturated heterocycles. The van der Waals surface area contributed by atoms with E-state index in [1.165, 1.54) is 57.8 Å². The molecular weight excluding hydrogens is 244 g/mol. The Morgan fingerprint density at radius 1 is 0.800 bits per heavy atom. The maximum atomic E-state index is 9.76. The van der Waals surface area contributed by atoms with Crippen LogP contribution in [0, 0.1) is 17.8 Å². The van der Waals surface area contributed by atoms with Crippen molar-refractivity contribution in [1.82, 2.24) is 0 Å². The molecule has 0 heterocycles. The monoisotopic (exact) mass is 280 g/mol. The number of hydrogen-bond acceptors (Lipinski definition) is 1. The highest BCUT2D eigenvalue weighted by Crippen LogP contribution is 2.10. The van der Waals surface area contributed by atoms with Gasteiger partial charge in [0.05, 0.1) is 0 Å². The first-order chi connectivity index (χ1) is 9.66. The summed E-state index contributed by atoms with van der Waals surface area (Å²) in [5, 5.41) is 9.76. The van der Waals surface area contributed by atoms with Gasteiger partial charge in [-0.05, 0) is 25.2 Å². The van der Waals surface area contributed by atoms with E-state index >= 15 is 0 Å². The van der Waals surface area contributed by atoms with Crippen molar-refractivity contribution < 1.29 is 5.11 Å². The van der Waals surface area contributed by atoms with Crippen molar-refractivity contribution in [2.24, 2.45) is 5.92 Å². The minimum absolute atomic E-state index is 0.393. The molecule has 0 radical (unpaired) electrons. The van der Waals surface area contributed by atoms with Crippen LogP contribution >= 0.6 is 0 Å². The van der Waals surface area contributed by atoms with E-state index in [1.54, 1.807) is 0 Å². The first kappa shape index (κ1) is 19.5. The largest absolute Gasteiger partial charge is 0.380 e. The van der Waals surface area contributed by atoms with Crippen molar-refractivity contribution in [3.05, 3.63) is 0 Å². The van der Waals surface area contributed by atoms with E-state index < -0.39 is 6.10 Å². The first-order valence-electron chi connectivity index (χ1n) is 8.83. The number of aliphatic hydroxyl groups is 1. The van der Waals surface area contributed by atoms with E-state index in [-0.39, 0.29) is 0 Å². The molecule has 1 unspecified atom stereocenters. The van der Waals surface area contributed by atoms with Gasteiger partial charge in [0.2, 0.25) is 0 Å². The summed E-state index contributed by atoms with van der Waals surface area (Å²) in [6.45, 7) is 6.77. The van der Waals surface area contributed by atoms with Crippen molar-refractivity contribution in [1.29, 1.82) is 0 Å². The Morgan fingerprint density at radius 2 is 1.40 bits per heavy atom. The standard InChI is InChI=1S/C19H36O/c1-4-5-6-7-8-9-13-16-19(20)17-14-11-10-12-15-18(2)3/h18-20H,4-13,15-16H2,1-3H3. The van der Waals surface area contributed by atoms with Gasteiger partial charge in [0, 0.05) is 6.42 Å². The summed E-state index contributed by atoms with van der Waals surface area (Å²) in [4.78, 5) is 0. The Kier molecular flexibility index (Phi) is 14.6. The van der Waals surface area contributed by atoms with Crippen molar-refractivity contribution in [2.75, 3.05) is 0 Å².